The summed E-state index contributed by atoms with van der Waals surface area (Å²) in [6.07, 6.45) is 5.46. The first-order chi connectivity index (χ1) is 36.6. The zero-order valence-electron chi connectivity index (χ0n) is 47.4. The summed E-state index contributed by atoms with van der Waals surface area (Å²) in [5.41, 5.74) is 13.2. The topological polar surface area (TPSA) is 182 Å². The zero-order chi connectivity index (χ0) is 57.5. The number of benzene rings is 5. The van der Waals surface area contributed by atoms with Gasteiger partial charge in [0.05, 0.1) is 0 Å². The van der Waals surface area contributed by atoms with E-state index in [0.717, 1.165) is 92.8 Å². The molecule has 0 spiro atoms. The molecule has 6 aromatic rings. The van der Waals surface area contributed by atoms with Crippen LogP contribution in [0.15, 0.2) is 122 Å². The summed E-state index contributed by atoms with van der Waals surface area (Å²) in [7, 11) is 0. The maximum atomic E-state index is 12.8. The number of thioether (sulfide) groups is 2. The molecule has 0 saturated heterocycles. The van der Waals surface area contributed by atoms with Gasteiger partial charge in [0, 0.05) is 39.3 Å². The van der Waals surface area contributed by atoms with Crippen molar-refractivity contribution in [3.63, 3.8) is 0 Å². The van der Waals surface area contributed by atoms with E-state index in [4.69, 9.17) is 26.2 Å². The second kappa shape index (κ2) is 34.1. The maximum Gasteiger partial charge on any atom is 1.00 e. The van der Waals surface area contributed by atoms with Crippen molar-refractivity contribution in [3.8, 4) is 16.9 Å². The number of rotatable bonds is 20. The van der Waals surface area contributed by atoms with Gasteiger partial charge in [-0.05, 0) is 160 Å². The molecule has 0 radical (unpaired) electrons. The van der Waals surface area contributed by atoms with Crippen LogP contribution in [-0.2, 0) is 64.1 Å². The maximum absolute atomic E-state index is 12.8. The Morgan fingerprint density at radius 1 is 0.615 bits per heavy atom. The van der Waals surface area contributed by atoms with Crippen LogP contribution < -0.4 is 29.6 Å². The number of carboxylic acid groups (broad SMARTS) is 2. The van der Waals surface area contributed by atoms with Crippen molar-refractivity contribution in [1.82, 2.24) is 0 Å². The number of aromatic hydroxyl groups is 1. The summed E-state index contributed by atoms with van der Waals surface area (Å²) in [5, 5.41) is 38.8. The molecule has 0 aliphatic carbocycles. The normalized spacial score (nSPS) is 10.4. The van der Waals surface area contributed by atoms with Crippen molar-refractivity contribution in [2.24, 2.45) is 0 Å². The van der Waals surface area contributed by atoms with Gasteiger partial charge in [-0.25, -0.2) is 9.59 Å². The Labute approximate surface area is 487 Å². The molecule has 0 bridgehead atoms. The molecule has 10 nitrogen and oxygen atoms in total. The zero-order valence-corrected chi connectivity index (χ0v) is 49.8. The van der Waals surface area contributed by atoms with Gasteiger partial charge in [-0.15, -0.1) is 35.9 Å². The number of carboxylic acids is 2. The monoisotopic (exact) mass is 1110 g/mol. The van der Waals surface area contributed by atoms with E-state index in [1.54, 1.807) is 35.5 Å². The number of aliphatic carboxylic acids is 2. The van der Waals surface area contributed by atoms with Crippen LogP contribution in [0, 0.1) is 34.6 Å². The molecule has 1 aromatic heterocycles. The van der Waals surface area contributed by atoms with Crippen LogP contribution in [0.25, 0.3) is 16.7 Å². The van der Waals surface area contributed by atoms with Crippen LogP contribution in [-0.4, -0.2) is 49.9 Å². The fraction of sp³-hybridized carbons (Fsp3) is 0.344. The smallest absolute Gasteiger partial charge is 0.876 e. The van der Waals surface area contributed by atoms with Gasteiger partial charge in [0.1, 0.15) is 28.6 Å². The first-order valence-electron chi connectivity index (χ1n) is 26.0. The van der Waals surface area contributed by atoms with Crippen molar-refractivity contribution < 1.29 is 62.9 Å². The number of allylic oxidation sites excluding steroid dienone is 2. The van der Waals surface area contributed by atoms with Crippen LogP contribution in [0.1, 0.15) is 132 Å². The van der Waals surface area contributed by atoms with Crippen LogP contribution >= 0.6 is 35.1 Å². The summed E-state index contributed by atoms with van der Waals surface area (Å²) < 4.78 is 5.60. The molecule has 6 rings (SSSR count). The van der Waals surface area contributed by atoms with E-state index < -0.39 is 28.7 Å². The molecule has 1 heterocycles. The SMILES string of the molecule is C=C([O-])CCSc1ccc(C)cc1.CCc1cc(C)cc(CC)c1-c1c(O)cc(CCSc2ccc(C)cc2)oc1=O.CCc1cc(C)cc(CC)c1C(=C=O)C(=O)Cl.CCc1cc(C)cc(CC)c1C(C(=O)O)C(=O)O.[Li+]. The van der Waals surface area contributed by atoms with Crippen LogP contribution in [0.5, 0.6) is 5.75 Å². The molecule has 0 atom stereocenters. The van der Waals surface area contributed by atoms with E-state index in [2.05, 4.69) is 102 Å². The molecule has 0 aliphatic rings. The Kier molecular flexibility index (Phi) is 29.8. The Bertz CT molecular complexity index is 3010. The predicted octanol–water partition coefficient (Wildman–Crippen LogP) is 10.9. The van der Waals surface area contributed by atoms with Gasteiger partial charge in [0.2, 0.25) is 0 Å². The van der Waals surface area contributed by atoms with E-state index >= 15 is 0 Å². The van der Waals surface area contributed by atoms with Gasteiger partial charge >= 0.3 is 36.4 Å². The van der Waals surface area contributed by atoms with Crippen LogP contribution in [0.4, 0.5) is 0 Å². The molecule has 0 aliphatic heterocycles. The average molecular weight is 1110 g/mol. The molecule has 0 saturated carbocycles. The Hall–Kier alpha value is -5.96. The minimum atomic E-state index is -1.48. The Morgan fingerprint density at radius 3 is 1.35 bits per heavy atom. The molecular weight excluding hydrogens is 1040 g/mol. The van der Waals surface area contributed by atoms with Gasteiger partial charge in [0.25, 0.3) is 5.24 Å². The van der Waals surface area contributed by atoms with Gasteiger partial charge in [-0.3, -0.25) is 14.4 Å². The van der Waals surface area contributed by atoms with Crippen molar-refractivity contribution in [2.45, 2.75) is 143 Å². The molecule has 14 heteroatoms. The second-order valence-electron chi connectivity index (χ2n) is 18.5. The Balaban J connectivity index is 0.000000372. The van der Waals surface area contributed by atoms with Gasteiger partial charge < -0.3 is 24.8 Å². The molecule has 410 valence electrons. The molecular formula is C64H74ClLiO10S2. The minimum absolute atomic E-state index is 0. The van der Waals surface area contributed by atoms with Crippen molar-refractivity contribution in [3.05, 3.63) is 192 Å². The number of aryl methyl sites for hydroxylation is 12. The van der Waals surface area contributed by atoms with Gasteiger partial charge in [-0.2, -0.15) is 0 Å². The number of halogens is 1. The molecule has 3 N–H and O–H groups in total. The number of carbonyl (C=O) groups is 3. The summed E-state index contributed by atoms with van der Waals surface area (Å²) in [5.74, 6) is -0.294. The van der Waals surface area contributed by atoms with Gasteiger partial charge in [-0.1, -0.05) is 130 Å². The number of hydrogen-bond donors (Lipinski definition) is 3. The molecule has 0 fully saturated rings. The van der Waals surface area contributed by atoms with E-state index in [0.29, 0.717) is 42.6 Å². The molecule has 0 amide bonds. The van der Waals surface area contributed by atoms with E-state index in [-0.39, 0.29) is 41.5 Å². The predicted molar refractivity (Wildman–Crippen MR) is 315 cm³/mol. The van der Waals surface area contributed by atoms with Crippen molar-refractivity contribution >= 4 is 63.8 Å². The third-order valence-electron chi connectivity index (χ3n) is 12.5. The van der Waals surface area contributed by atoms with E-state index in [1.165, 1.54) is 20.9 Å². The first-order valence-corrected chi connectivity index (χ1v) is 28.3. The minimum Gasteiger partial charge on any atom is -0.876 e. The fourth-order valence-corrected chi connectivity index (χ4v) is 10.7. The van der Waals surface area contributed by atoms with Crippen molar-refractivity contribution in [2.75, 3.05) is 11.5 Å². The molecule has 5 aromatic carbocycles. The first kappa shape index (κ1) is 68.1. The summed E-state index contributed by atoms with van der Waals surface area (Å²) >= 11 is 8.84. The number of hydrogen-bond acceptors (Lipinski definition) is 10. The quantitative estimate of drug-likeness (QED) is 0.0125. The summed E-state index contributed by atoms with van der Waals surface area (Å²) in [4.78, 5) is 59.7. The van der Waals surface area contributed by atoms with Crippen molar-refractivity contribution in [1.29, 1.82) is 0 Å². The summed E-state index contributed by atoms with van der Waals surface area (Å²) in [6.45, 7) is 25.3. The molecule has 0 unspecified atom stereocenters. The number of carbonyl (C=O) groups excluding carboxylic acids is 2. The van der Waals surface area contributed by atoms with Crippen LogP contribution in [0.3, 0.4) is 0 Å². The van der Waals surface area contributed by atoms with Crippen LogP contribution in [0.2, 0.25) is 0 Å². The van der Waals surface area contributed by atoms with Gasteiger partial charge in [0.15, 0.2) is 5.92 Å². The average Bonchev–Trinajstić information content (AvgIpc) is 3.38. The third-order valence-corrected chi connectivity index (χ3v) is 14.8. The standard InChI is InChI=1S/C25H28O3S.C14H15ClO2.C14H18O4.C11H14OS.Li/c1-5-18-13-17(4)14-19(6-2)23(18)24-22(26)15-20(28-25(24)27)11-12-29-21-9-7-16(3)8-10-21;1-4-10-6-9(3)7-11(5-2)13(10)12(8-16)14(15)17;1-4-9-6-8(3)7-10(5-2)11(9)12(13(15)16)14(17)18;1-9-3-5-11(6-4-9)13-8-7-10(2)12;/h7-10,13-15,26H,5-6,11-12H2,1-4H3;6-7H,4-5H2,1-3H3;6-7,12H,4-5H2,1-3H3,(H,15,16)(H,17,18);3-6,12H,2,7-8H2,1H3;/q;;;;+1/p-1. The summed E-state index contributed by atoms with van der Waals surface area (Å²) in [6, 6.07) is 30.1. The Morgan fingerprint density at radius 2 is 1.00 bits per heavy atom. The van der Waals surface area contributed by atoms with E-state index in [1.807, 2.05) is 65.8 Å². The van der Waals surface area contributed by atoms with E-state index in [9.17, 15) is 34.2 Å². The third kappa shape index (κ3) is 20.4. The largest absolute Gasteiger partial charge is 1.00 e. The second-order valence-corrected chi connectivity index (χ2v) is 21.2. The fourth-order valence-electron chi connectivity index (χ4n) is 8.80. The molecule has 78 heavy (non-hydrogen) atoms.